The first-order valence-corrected chi connectivity index (χ1v) is 35.7. The van der Waals surface area contributed by atoms with Gasteiger partial charge in [0, 0.05) is 71.4 Å². The summed E-state index contributed by atoms with van der Waals surface area (Å²) in [5.74, 6) is -0.322. The van der Waals surface area contributed by atoms with Gasteiger partial charge in [-0.05, 0) is 6.42 Å². The minimum absolute atomic E-state index is 0.113. The number of esters is 1. The first-order valence-electron chi connectivity index (χ1n) is 13.7. The summed E-state index contributed by atoms with van der Waals surface area (Å²) in [6, 6.07) is 0.184. The van der Waals surface area contributed by atoms with E-state index in [4.69, 9.17) is 66.5 Å². The minimum atomic E-state index is -3.97. The summed E-state index contributed by atoms with van der Waals surface area (Å²) >= 11 is 0. The quantitative estimate of drug-likeness (QED) is 0.225. The number of fused-ring (bicyclic) bond motifs is 10. The van der Waals surface area contributed by atoms with Crippen LogP contribution in [0.4, 0.5) is 0 Å². The summed E-state index contributed by atoms with van der Waals surface area (Å²) in [5.41, 5.74) is 0. The van der Waals surface area contributed by atoms with Gasteiger partial charge in [-0.25, -0.2) is 0 Å². The normalized spacial score (nSPS) is 56.8. The van der Waals surface area contributed by atoms with E-state index < -0.39 is 88.0 Å². The van der Waals surface area contributed by atoms with Crippen LogP contribution < -0.4 is 0 Å². The van der Waals surface area contributed by atoms with Crippen molar-refractivity contribution in [2.24, 2.45) is 0 Å². The minimum Gasteiger partial charge on any atom is -0.466 e. The van der Waals surface area contributed by atoms with E-state index >= 15 is 0 Å². The van der Waals surface area contributed by atoms with E-state index in [2.05, 4.69) is 0 Å². The van der Waals surface area contributed by atoms with Crippen LogP contribution in [0.3, 0.4) is 0 Å². The van der Waals surface area contributed by atoms with Crippen molar-refractivity contribution in [1.29, 1.82) is 0 Å². The summed E-state index contributed by atoms with van der Waals surface area (Å²) in [7, 11) is -38.1. The third-order valence-corrected chi connectivity index (χ3v) is 51.4. The zero-order valence-corrected chi connectivity index (χ0v) is 35.3. The van der Waals surface area contributed by atoms with Crippen molar-refractivity contribution in [3.8, 4) is 0 Å². The SMILES string of the molecule is CCC(=O)OCCC[Si]12O[Si]3(C)O[Si]4(C)O[Si]5(C)O[Si]6(C)O[Si](C)(O4)O[Si](C)(O[Si](C)(O6)O[Si](C)(O[Si](C)(O5)O3)O1)O2. The highest BCUT2D eigenvalue weighted by molar-refractivity contribution is 7.02. The van der Waals surface area contributed by atoms with Crippen LogP contribution in [0, 0.1) is 0 Å². The lowest BCUT2D eigenvalue weighted by Gasteiger charge is -2.60. The lowest BCUT2D eigenvalue weighted by molar-refractivity contribution is -0.143. The lowest BCUT2D eigenvalue weighted by atomic mass is 10.5. The van der Waals surface area contributed by atoms with Gasteiger partial charge in [-0.3, -0.25) is 4.79 Å². The molecule has 27 heteroatoms. The maximum Gasteiger partial charge on any atom is 0.478 e. The molecular weight excluding hydrogens is 733 g/mol. The van der Waals surface area contributed by atoms with Gasteiger partial charge in [0.2, 0.25) is 0 Å². The predicted octanol–water partition coefficient (Wildman–Crippen LogP) is 1.72. The van der Waals surface area contributed by atoms with Gasteiger partial charge < -0.3 is 66.5 Å². The van der Waals surface area contributed by atoms with Gasteiger partial charge in [0.25, 0.3) is 0 Å². The van der Waals surface area contributed by atoms with Crippen molar-refractivity contribution >= 4 is 94.0 Å². The molecule has 0 radical (unpaired) electrons. The van der Waals surface area contributed by atoms with Crippen LogP contribution in [0.25, 0.3) is 0 Å². The third-order valence-electron chi connectivity index (χ3n) is 6.65. The predicted molar refractivity (Wildman–Crippen MR) is 157 cm³/mol. The van der Waals surface area contributed by atoms with Crippen LogP contribution in [0.1, 0.15) is 19.8 Å². The Kier molecular flexibility index (Phi) is 7.87. The average molecular weight is 771 g/mol. The number of hydrogen-bond acceptors (Lipinski definition) is 17. The molecule has 5 heterocycles. The number of carbonyl (C=O) groups excluding carboxylic acids is 1. The monoisotopic (exact) mass is 770 g/mol. The summed E-state index contributed by atoms with van der Waals surface area (Å²) in [5, 5.41) is 0. The number of hydrogen-bond donors (Lipinski definition) is 0. The Balaban J connectivity index is 1.56. The van der Waals surface area contributed by atoms with E-state index in [1.165, 1.54) is 0 Å². The molecule has 0 aromatic rings. The average Bonchev–Trinajstić information content (AvgIpc) is 2.67. The van der Waals surface area contributed by atoms with Crippen LogP contribution in [0.5, 0.6) is 0 Å². The van der Waals surface area contributed by atoms with Gasteiger partial charge in [-0.15, -0.1) is 0 Å². The molecule has 5 rings (SSSR count). The Bertz CT molecular complexity index is 1080. The fourth-order valence-electron chi connectivity index (χ4n) is 6.24. The Hall–Kier alpha value is 1.04. The number of ether oxygens (including phenoxy) is 1. The maximum atomic E-state index is 11.9. The lowest BCUT2D eigenvalue weighted by Crippen LogP contribution is -2.86. The van der Waals surface area contributed by atoms with Gasteiger partial charge in [-0.2, -0.15) is 0 Å². The highest BCUT2D eigenvalue weighted by Gasteiger charge is 2.79. The second-order valence-corrected chi connectivity index (χ2v) is 41.3. The third kappa shape index (κ3) is 6.44. The Morgan fingerprint density at radius 2 is 0.690 bits per heavy atom. The van der Waals surface area contributed by atoms with Gasteiger partial charge >= 0.3 is 94.0 Å². The highest BCUT2D eigenvalue weighted by atomic mass is 28.6. The first kappa shape index (κ1) is 33.0. The largest absolute Gasteiger partial charge is 0.478 e. The molecule has 5 saturated heterocycles. The molecule has 0 aromatic carbocycles. The Morgan fingerprint density at radius 3 is 0.929 bits per heavy atom. The summed E-state index contributed by atoms with van der Waals surface area (Å²) < 4.78 is 106. The molecular formula is C15H38O17Si10. The molecule has 0 amide bonds. The maximum absolute atomic E-state index is 11.9. The molecule has 0 spiro atoms. The summed E-state index contributed by atoms with van der Waals surface area (Å²) in [4.78, 5) is 11.9. The standard InChI is InChI=1S/C15H38O17Si10/c1-11-15(16)17-13-12-14-42-30-39(8)24-35(4)19-33(2)18-34(3)20-36(5,23-35)25-40(9,31-42)27-38(7,22-34)29-41(10,32-42)28-37(6,21-33)26-39/h11-14H2,1-10H3. The van der Waals surface area contributed by atoms with Gasteiger partial charge in [-0.1, -0.05) is 6.92 Å². The second-order valence-electron chi connectivity index (χ2n) is 11.7. The van der Waals surface area contributed by atoms with Crippen LogP contribution in [-0.4, -0.2) is 101 Å². The van der Waals surface area contributed by atoms with E-state index in [0.29, 0.717) is 6.42 Å². The van der Waals surface area contributed by atoms with Crippen LogP contribution in [0.2, 0.25) is 65.0 Å². The molecule has 0 saturated carbocycles. The van der Waals surface area contributed by atoms with Crippen molar-refractivity contribution in [2.75, 3.05) is 6.61 Å². The van der Waals surface area contributed by atoms with Crippen molar-refractivity contribution in [1.82, 2.24) is 0 Å². The Morgan fingerprint density at radius 1 is 0.452 bits per heavy atom. The molecule has 8 unspecified atom stereocenters. The number of carbonyl (C=O) groups is 1. The van der Waals surface area contributed by atoms with E-state index in [1.807, 2.05) is 0 Å². The Labute approximate surface area is 255 Å². The topological polar surface area (TPSA) is 165 Å². The second kappa shape index (κ2) is 10.0. The van der Waals surface area contributed by atoms with Crippen molar-refractivity contribution < 1.29 is 71.3 Å². The molecule has 0 aromatic heterocycles. The van der Waals surface area contributed by atoms with Gasteiger partial charge in [0.05, 0.1) is 6.61 Å². The number of rotatable bonds is 5. The smallest absolute Gasteiger partial charge is 0.466 e. The fourth-order valence-corrected chi connectivity index (χ4v) is 63.4. The van der Waals surface area contributed by atoms with Gasteiger partial charge in [0.1, 0.15) is 0 Å². The molecule has 17 nitrogen and oxygen atoms in total. The molecule has 8 atom stereocenters. The summed E-state index contributed by atoms with van der Waals surface area (Å²) in [6.45, 7) is 17.2. The van der Waals surface area contributed by atoms with Crippen LogP contribution >= 0.6 is 0 Å². The molecule has 5 aliphatic rings. The zero-order valence-electron chi connectivity index (χ0n) is 25.3. The fraction of sp³-hybridized carbons (Fsp3) is 0.933. The molecule has 5 fully saturated rings. The van der Waals surface area contributed by atoms with Crippen molar-refractivity contribution in [3.05, 3.63) is 0 Å². The highest BCUT2D eigenvalue weighted by Crippen LogP contribution is 2.49. The molecule has 10 bridgehead atoms. The molecule has 0 N–H and O–H groups in total. The molecule has 240 valence electrons. The van der Waals surface area contributed by atoms with Crippen molar-refractivity contribution in [2.45, 2.75) is 84.7 Å². The van der Waals surface area contributed by atoms with E-state index in [0.717, 1.165) is 0 Å². The zero-order chi connectivity index (χ0) is 30.7. The summed E-state index contributed by atoms with van der Waals surface area (Å²) in [6.07, 6.45) is 0.593. The molecule has 5 aliphatic heterocycles. The van der Waals surface area contributed by atoms with Crippen LogP contribution in [0.15, 0.2) is 0 Å². The van der Waals surface area contributed by atoms with E-state index in [9.17, 15) is 4.79 Å². The van der Waals surface area contributed by atoms with Gasteiger partial charge in [0.15, 0.2) is 0 Å². The van der Waals surface area contributed by atoms with Crippen molar-refractivity contribution in [3.63, 3.8) is 0 Å². The molecule has 0 aliphatic carbocycles. The van der Waals surface area contributed by atoms with Crippen LogP contribution in [-0.2, 0) is 71.3 Å². The first-order chi connectivity index (χ1) is 19.1. The van der Waals surface area contributed by atoms with E-state index in [1.54, 1.807) is 65.8 Å². The van der Waals surface area contributed by atoms with E-state index in [-0.39, 0.29) is 25.0 Å². The molecule has 42 heavy (non-hydrogen) atoms.